The van der Waals surface area contributed by atoms with Crippen LogP contribution in [0.2, 0.25) is 0 Å². The van der Waals surface area contributed by atoms with Crippen LogP contribution in [-0.4, -0.2) is 16.9 Å². The van der Waals surface area contributed by atoms with Gasteiger partial charge in [0.05, 0.1) is 0 Å². The number of nitrogens with zero attached hydrogens (tertiary/aromatic N) is 1. The fourth-order valence-corrected chi connectivity index (χ4v) is 3.12. The number of nitrogens with one attached hydrogen (secondary N) is 1. The van der Waals surface area contributed by atoms with Crippen molar-refractivity contribution < 1.29 is 4.79 Å². The molecule has 1 aromatic heterocycles. The Bertz CT molecular complexity index is 1140. The standard InChI is InChI=1S/C20H16N4O/c21-20(22)24-19(25)13-9-8-12-4-3-6-14(16(12)10-13)17-11-23-18-7-2-1-5-15(17)18/h1-11,23H,(H4,21,22,24,25). The molecule has 25 heavy (non-hydrogen) atoms. The van der Waals surface area contributed by atoms with Crippen molar-refractivity contribution in [1.82, 2.24) is 4.98 Å². The number of nitrogens with two attached hydrogens (primary N) is 2. The van der Waals surface area contributed by atoms with Gasteiger partial charge in [0.1, 0.15) is 0 Å². The number of carbonyl (C=O) groups excluding carboxylic acids is 1. The number of fused-ring (bicyclic) bond motifs is 2. The molecule has 0 saturated carbocycles. The molecule has 0 aliphatic heterocycles. The predicted octanol–water partition coefficient (Wildman–Crippen LogP) is 3.40. The molecule has 1 heterocycles. The van der Waals surface area contributed by atoms with Crippen molar-refractivity contribution in [1.29, 1.82) is 0 Å². The maximum atomic E-state index is 12.2. The van der Waals surface area contributed by atoms with E-state index in [1.54, 1.807) is 6.07 Å². The fraction of sp³-hybridized carbons (Fsp3) is 0. The van der Waals surface area contributed by atoms with Gasteiger partial charge in [0, 0.05) is 28.2 Å². The number of carbonyl (C=O) groups is 1. The number of H-pyrrole nitrogens is 1. The van der Waals surface area contributed by atoms with Crippen LogP contribution in [0.3, 0.4) is 0 Å². The van der Waals surface area contributed by atoms with Crippen molar-refractivity contribution in [2.45, 2.75) is 0 Å². The van der Waals surface area contributed by atoms with Crippen molar-refractivity contribution in [3.05, 3.63) is 72.4 Å². The Hall–Kier alpha value is -3.60. The van der Waals surface area contributed by atoms with Gasteiger partial charge in [-0.1, -0.05) is 42.5 Å². The van der Waals surface area contributed by atoms with Crippen molar-refractivity contribution in [2.24, 2.45) is 16.5 Å². The molecule has 0 unspecified atom stereocenters. The van der Waals surface area contributed by atoms with Crippen LogP contribution in [0.1, 0.15) is 10.4 Å². The molecule has 0 saturated heterocycles. The Morgan fingerprint density at radius 2 is 1.72 bits per heavy atom. The van der Waals surface area contributed by atoms with Gasteiger partial charge >= 0.3 is 0 Å². The zero-order valence-electron chi connectivity index (χ0n) is 13.4. The van der Waals surface area contributed by atoms with Crippen molar-refractivity contribution in [2.75, 3.05) is 0 Å². The maximum Gasteiger partial charge on any atom is 0.280 e. The quantitative estimate of drug-likeness (QED) is 0.388. The van der Waals surface area contributed by atoms with Gasteiger partial charge in [0.25, 0.3) is 5.91 Å². The summed E-state index contributed by atoms with van der Waals surface area (Å²) in [5.74, 6) is -0.689. The summed E-state index contributed by atoms with van der Waals surface area (Å²) >= 11 is 0. The molecule has 0 fully saturated rings. The van der Waals surface area contributed by atoms with E-state index in [0.29, 0.717) is 5.56 Å². The number of benzene rings is 3. The number of aromatic nitrogens is 1. The third-order valence-electron chi connectivity index (χ3n) is 4.24. The first-order chi connectivity index (χ1) is 12.1. The van der Waals surface area contributed by atoms with Crippen molar-refractivity contribution in [3.8, 4) is 11.1 Å². The molecular formula is C20H16N4O. The lowest BCUT2D eigenvalue weighted by Crippen LogP contribution is -2.24. The highest BCUT2D eigenvalue weighted by Crippen LogP contribution is 2.34. The Labute approximate surface area is 144 Å². The lowest BCUT2D eigenvalue weighted by atomic mass is 9.96. The second-order valence-electron chi connectivity index (χ2n) is 5.83. The molecule has 1 amide bonds. The highest BCUT2D eigenvalue weighted by Gasteiger charge is 2.11. The van der Waals surface area contributed by atoms with Crippen LogP contribution in [0, 0.1) is 0 Å². The van der Waals surface area contributed by atoms with Crippen LogP contribution in [0.4, 0.5) is 0 Å². The first kappa shape index (κ1) is 15.0. The number of hydrogen-bond acceptors (Lipinski definition) is 1. The summed E-state index contributed by atoms with van der Waals surface area (Å²) in [6.07, 6.45) is 1.99. The van der Waals surface area contributed by atoms with Crippen LogP contribution in [0.25, 0.3) is 32.8 Å². The molecule has 4 rings (SSSR count). The van der Waals surface area contributed by atoms with Gasteiger partial charge in [-0.15, -0.1) is 0 Å². The Kier molecular flexibility index (Phi) is 3.47. The summed E-state index contributed by atoms with van der Waals surface area (Å²) in [6, 6.07) is 19.7. The van der Waals surface area contributed by atoms with Crippen molar-refractivity contribution >= 4 is 33.5 Å². The normalized spacial score (nSPS) is 10.9. The number of aliphatic imine (C=N–C) groups is 1. The molecule has 0 bridgehead atoms. The van der Waals surface area contributed by atoms with Gasteiger partial charge < -0.3 is 16.5 Å². The average molecular weight is 328 g/mol. The van der Waals surface area contributed by atoms with Gasteiger partial charge in [-0.2, -0.15) is 4.99 Å². The summed E-state index contributed by atoms with van der Waals surface area (Å²) < 4.78 is 0. The van der Waals surface area contributed by atoms with Crippen LogP contribution in [0.5, 0.6) is 0 Å². The van der Waals surface area contributed by atoms with Gasteiger partial charge in [0.15, 0.2) is 5.96 Å². The van der Waals surface area contributed by atoms with Gasteiger partial charge in [-0.05, 0) is 34.5 Å². The first-order valence-electron chi connectivity index (χ1n) is 7.87. The van der Waals surface area contributed by atoms with Crippen LogP contribution >= 0.6 is 0 Å². The van der Waals surface area contributed by atoms with E-state index in [0.717, 1.165) is 32.8 Å². The van der Waals surface area contributed by atoms with E-state index in [4.69, 9.17) is 11.5 Å². The van der Waals surface area contributed by atoms with E-state index in [1.807, 2.05) is 54.7 Å². The number of amides is 1. The van der Waals surface area contributed by atoms with E-state index in [9.17, 15) is 4.79 Å². The number of para-hydroxylation sites is 1. The third-order valence-corrected chi connectivity index (χ3v) is 4.24. The van der Waals surface area contributed by atoms with E-state index in [1.165, 1.54) is 0 Å². The molecule has 0 aliphatic carbocycles. The van der Waals surface area contributed by atoms with Gasteiger partial charge in [-0.25, -0.2) is 0 Å². The van der Waals surface area contributed by atoms with Gasteiger partial charge in [-0.3, -0.25) is 4.79 Å². The molecule has 5 nitrogen and oxygen atoms in total. The van der Waals surface area contributed by atoms with Gasteiger partial charge in [0.2, 0.25) is 0 Å². The zero-order valence-corrected chi connectivity index (χ0v) is 13.4. The molecule has 122 valence electrons. The number of hydrogen-bond donors (Lipinski definition) is 3. The summed E-state index contributed by atoms with van der Waals surface area (Å²) in [5.41, 5.74) is 14.3. The number of guanidine groups is 1. The second-order valence-corrected chi connectivity index (χ2v) is 5.83. The number of rotatable bonds is 2. The van der Waals surface area contributed by atoms with E-state index >= 15 is 0 Å². The Balaban J connectivity index is 1.95. The Morgan fingerprint density at radius 3 is 2.56 bits per heavy atom. The average Bonchev–Trinajstić information content (AvgIpc) is 3.04. The summed E-state index contributed by atoms with van der Waals surface area (Å²) in [6.45, 7) is 0. The monoisotopic (exact) mass is 328 g/mol. The van der Waals surface area contributed by atoms with E-state index in [-0.39, 0.29) is 5.96 Å². The van der Waals surface area contributed by atoms with Crippen LogP contribution in [-0.2, 0) is 0 Å². The highest BCUT2D eigenvalue weighted by atomic mass is 16.1. The zero-order chi connectivity index (χ0) is 17.4. The minimum absolute atomic E-state index is 0.241. The fourth-order valence-electron chi connectivity index (χ4n) is 3.12. The van der Waals surface area contributed by atoms with E-state index in [2.05, 4.69) is 16.0 Å². The largest absolute Gasteiger partial charge is 0.370 e. The SMILES string of the molecule is NC(N)=NC(=O)c1ccc2cccc(-c3c[nH]c4ccccc34)c2c1. The third kappa shape index (κ3) is 2.61. The van der Waals surface area contributed by atoms with Crippen LogP contribution in [0.15, 0.2) is 71.9 Å². The summed E-state index contributed by atoms with van der Waals surface area (Å²) in [5, 5.41) is 3.16. The first-order valence-corrected chi connectivity index (χ1v) is 7.87. The predicted molar refractivity (Wildman–Crippen MR) is 101 cm³/mol. The molecule has 0 spiro atoms. The Morgan fingerprint density at radius 1 is 0.880 bits per heavy atom. The maximum absolute atomic E-state index is 12.2. The summed E-state index contributed by atoms with van der Waals surface area (Å²) in [4.78, 5) is 19.1. The minimum atomic E-state index is -0.448. The summed E-state index contributed by atoms with van der Waals surface area (Å²) in [7, 11) is 0. The molecule has 0 aliphatic rings. The second kappa shape index (κ2) is 5.79. The molecule has 3 aromatic carbocycles. The van der Waals surface area contributed by atoms with Crippen LogP contribution < -0.4 is 11.5 Å². The molecule has 4 aromatic rings. The highest BCUT2D eigenvalue weighted by molar-refractivity contribution is 6.09. The topological polar surface area (TPSA) is 97.3 Å². The molecule has 5 N–H and O–H groups in total. The smallest absolute Gasteiger partial charge is 0.280 e. The van der Waals surface area contributed by atoms with E-state index < -0.39 is 5.91 Å². The molecule has 0 atom stereocenters. The minimum Gasteiger partial charge on any atom is -0.370 e. The molecular weight excluding hydrogens is 312 g/mol. The lowest BCUT2D eigenvalue weighted by molar-refractivity contribution is 0.100. The lowest BCUT2D eigenvalue weighted by Gasteiger charge is -2.07. The number of aromatic amines is 1. The molecule has 5 heteroatoms. The molecule has 0 radical (unpaired) electrons. The van der Waals surface area contributed by atoms with Crippen molar-refractivity contribution in [3.63, 3.8) is 0 Å².